The SMILES string of the molecule is C1=CC2=NC(c3ccc(-c4c5ccccc5c(-c5ccc(C6=CC7C(c8ccccc8)=CC=CC7=N6)cc5)c5ccccc45)cc3)=CC2C(c2ccccc2)=C1. The highest BCUT2D eigenvalue weighted by molar-refractivity contribution is 6.21. The van der Waals surface area contributed by atoms with Crippen LogP contribution >= 0.6 is 0 Å². The molecule has 0 N–H and O–H groups in total. The van der Waals surface area contributed by atoms with Crippen LogP contribution in [-0.2, 0) is 0 Å². The van der Waals surface area contributed by atoms with Gasteiger partial charge in [-0.2, -0.15) is 0 Å². The molecule has 2 atom stereocenters. The third-order valence-corrected chi connectivity index (χ3v) is 11.6. The van der Waals surface area contributed by atoms with Gasteiger partial charge in [0, 0.05) is 11.8 Å². The standard InChI is InChI=1S/C54H36N2/c1-3-13-35(14-4-1)41-21-11-23-49-47(41)33-51(55-49)37-25-29-39(30-26-37)53-43-17-7-9-19-45(43)54(46-20-10-8-18-44(46)53)40-31-27-38(28-32-40)52-34-48-42(22-12-24-50(48)56-52)36-15-5-2-6-16-36/h1-34,47-48H. The fourth-order valence-electron chi connectivity index (χ4n) is 8.97. The van der Waals surface area contributed by atoms with Gasteiger partial charge in [0.05, 0.1) is 22.8 Å². The normalized spacial score (nSPS) is 18.1. The van der Waals surface area contributed by atoms with E-state index in [4.69, 9.17) is 9.98 Å². The fourth-order valence-corrected chi connectivity index (χ4v) is 8.97. The number of aliphatic imine (C=N–C) groups is 2. The van der Waals surface area contributed by atoms with Crippen molar-refractivity contribution < 1.29 is 0 Å². The zero-order valence-corrected chi connectivity index (χ0v) is 30.7. The molecule has 262 valence electrons. The van der Waals surface area contributed by atoms with Crippen LogP contribution in [0.15, 0.2) is 216 Å². The highest BCUT2D eigenvalue weighted by Crippen LogP contribution is 2.45. The van der Waals surface area contributed by atoms with Crippen molar-refractivity contribution >= 4 is 55.5 Å². The molecule has 56 heavy (non-hydrogen) atoms. The first-order valence-electron chi connectivity index (χ1n) is 19.4. The predicted molar refractivity (Wildman–Crippen MR) is 237 cm³/mol. The molecule has 0 radical (unpaired) electrons. The van der Waals surface area contributed by atoms with Gasteiger partial charge in [0.2, 0.25) is 0 Å². The average molecular weight is 713 g/mol. The molecule has 0 saturated carbocycles. The molecule has 0 bridgehead atoms. The van der Waals surface area contributed by atoms with Crippen molar-refractivity contribution in [3.05, 3.63) is 229 Å². The molecule has 2 unspecified atom stereocenters. The van der Waals surface area contributed by atoms with Gasteiger partial charge in [-0.15, -0.1) is 0 Å². The van der Waals surface area contributed by atoms with Gasteiger partial charge >= 0.3 is 0 Å². The molecule has 0 spiro atoms. The smallest absolute Gasteiger partial charge is 0.0675 e. The minimum absolute atomic E-state index is 0.167. The van der Waals surface area contributed by atoms with Gasteiger partial charge in [-0.25, -0.2) is 0 Å². The monoisotopic (exact) mass is 712 g/mol. The summed E-state index contributed by atoms with van der Waals surface area (Å²) in [5, 5.41) is 4.97. The third-order valence-electron chi connectivity index (χ3n) is 11.6. The number of rotatable bonds is 6. The van der Waals surface area contributed by atoms with Gasteiger partial charge in [0.15, 0.2) is 0 Å². The lowest BCUT2D eigenvalue weighted by molar-refractivity contribution is 1.19. The van der Waals surface area contributed by atoms with Crippen molar-refractivity contribution in [1.29, 1.82) is 0 Å². The lowest BCUT2D eigenvalue weighted by Gasteiger charge is -2.18. The number of nitrogens with zero attached hydrogens (tertiary/aromatic N) is 2. The van der Waals surface area contributed by atoms with E-state index in [0.717, 1.165) is 33.9 Å². The molecule has 2 nitrogen and oxygen atoms in total. The van der Waals surface area contributed by atoms with Crippen molar-refractivity contribution in [3.63, 3.8) is 0 Å². The molecule has 2 aliphatic heterocycles. The predicted octanol–water partition coefficient (Wildman–Crippen LogP) is 13.5. The van der Waals surface area contributed by atoms with Gasteiger partial charge in [-0.05, 0) is 102 Å². The Morgan fingerprint density at radius 3 is 1.04 bits per heavy atom. The van der Waals surface area contributed by atoms with Crippen molar-refractivity contribution in [2.45, 2.75) is 0 Å². The first kappa shape index (κ1) is 32.3. The molecule has 7 aromatic rings. The summed E-state index contributed by atoms with van der Waals surface area (Å²) >= 11 is 0. The molecule has 0 aromatic heterocycles. The summed E-state index contributed by atoms with van der Waals surface area (Å²) in [5.74, 6) is 0.335. The van der Waals surface area contributed by atoms with E-state index in [1.54, 1.807) is 0 Å². The minimum atomic E-state index is 0.167. The lowest BCUT2D eigenvalue weighted by Crippen LogP contribution is -2.11. The Bertz CT molecular complexity index is 2710. The second-order valence-corrected chi connectivity index (χ2v) is 14.8. The zero-order valence-electron chi connectivity index (χ0n) is 30.7. The Morgan fingerprint density at radius 2 is 0.661 bits per heavy atom. The second-order valence-electron chi connectivity index (χ2n) is 14.8. The quantitative estimate of drug-likeness (QED) is 0.153. The maximum absolute atomic E-state index is 5.10. The summed E-state index contributed by atoms with van der Waals surface area (Å²) in [6, 6.07) is 57.0. The number of allylic oxidation sites excluding steroid dienone is 10. The van der Waals surface area contributed by atoms with Gasteiger partial charge in [0.1, 0.15) is 0 Å². The summed E-state index contributed by atoms with van der Waals surface area (Å²) in [6.07, 6.45) is 17.6. The molecule has 0 saturated heterocycles. The van der Waals surface area contributed by atoms with E-state index in [-0.39, 0.29) is 11.8 Å². The maximum Gasteiger partial charge on any atom is 0.0675 e. The van der Waals surface area contributed by atoms with Gasteiger partial charge < -0.3 is 0 Å². The number of hydrogen-bond acceptors (Lipinski definition) is 2. The summed E-state index contributed by atoms with van der Waals surface area (Å²) in [5.41, 5.74) is 16.5. The molecule has 11 rings (SSSR count). The second kappa shape index (κ2) is 13.3. The van der Waals surface area contributed by atoms with E-state index < -0.39 is 0 Å². The van der Waals surface area contributed by atoms with Gasteiger partial charge in [0.25, 0.3) is 0 Å². The fraction of sp³-hybridized carbons (Fsp3) is 0.0370. The van der Waals surface area contributed by atoms with E-state index in [0.29, 0.717) is 0 Å². The van der Waals surface area contributed by atoms with Crippen LogP contribution in [0.5, 0.6) is 0 Å². The molecular formula is C54H36N2. The average Bonchev–Trinajstić information content (AvgIpc) is 3.92. The lowest BCUT2D eigenvalue weighted by atomic mass is 9.85. The molecule has 7 aromatic carbocycles. The molecule has 0 amide bonds. The highest BCUT2D eigenvalue weighted by Gasteiger charge is 2.28. The zero-order chi connectivity index (χ0) is 37.0. The topological polar surface area (TPSA) is 24.7 Å². The minimum Gasteiger partial charge on any atom is -0.252 e. The molecule has 2 aliphatic carbocycles. The van der Waals surface area contributed by atoms with Crippen LogP contribution in [0.25, 0.3) is 66.3 Å². The van der Waals surface area contributed by atoms with Crippen LogP contribution in [0.4, 0.5) is 0 Å². The molecule has 2 heterocycles. The van der Waals surface area contributed by atoms with E-state index >= 15 is 0 Å². The van der Waals surface area contributed by atoms with Gasteiger partial charge in [-0.3, -0.25) is 9.98 Å². The Balaban J connectivity index is 0.945. The van der Waals surface area contributed by atoms with E-state index in [1.165, 1.54) is 66.1 Å². The van der Waals surface area contributed by atoms with Crippen molar-refractivity contribution in [3.8, 4) is 22.3 Å². The van der Waals surface area contributed by atoms with Crippen LogP contribution in [0.2, 0.25) is 0 Å². The van der Waals surface area contributed by atoms with Crippen molar-refractivity contribution in [2.24, 2.45) is 21.8 Å². The third kappa shape index (κ3) is 5.41. The van der Waals surface area contributed by atoms with E-state index in [2.05, 4.69) is 206 Å². The van der Waals surface area contributed by atoms with Gasteiger partial charge in [-0.1, -0.05) is 182 Å². The van der Waals surface area contributed by atoms with Crippen molar-refractivity contribution in [2.75, 3.05) is 0 Å². The van der Waals surface area contributed by atoms with E-state index in [1.807, 2.05) is 0 Å². The van der Waals surface area contributed by atoms with Crippen LogP contribution in [0.1, 0.15) is 22.3 Å². The Labute approximate surface area is 326 Å². The Kier molecular flexibility index (Phi) is 7.67. The molecule has 0 fully saturated rings. The first-order valence-corrected chi connectivity index (χ1v) is 19.4. The first-order chi connectivity index (χ1) is 27.8. The Morgan fingerprint density at radius 1 is 0.321 bits per heavy atom. The van der Waals surface area contributed by atoms with Crippen LogP contribution in [0.3, 0.4) is 0 Å². The Hall–Kier alpha value is -7.16. The van der Waals surface area contributed by atoms with Crippen molar-refractivity contribution in [1.82, 2.24) is 0 Å². The summed E-state index contributed by atoms with van der Waals surface area (Å²) < 4.78 is 0. The number of hydrogen-bond donors (Lipinski definition) is 0. The van der Waals surface area contributed by atoms with Crippen LogP contribution in [0, 0.1) is 11.8 Å². The summed E-state index contributed by atoms with van der Waals surface area (Å²) in [4.78, 5) is 10.2. The number of benzene rings is 7. The summed E-state index contributed by atoms with van der Waals surface area (Å²) in [7, 11) is 0. The van der Waals surface area contributed by atoms with E-state index in [9.17, 15) is 0 Å². The summed E-state index contributed by atoms with van der Waals surface area (Å²) in [6.45, 7) is 0. The largest absolute Gasteiger partial charge is 0.252 e. The highest BCUT2D eigenvalue weighted by atomic mass is 14.8. The maximum atomic E-state index is 5.10. The molecule has 2 heteroatoms. The number of fused-ring (bicyclic) bond motifs is 4. The molecular weight excluding hydrogens is 677 g/mol. The van der Waals surface area contributed by atoms with Crippen LogP contribution < -0.4 is 0 Å². The van der Waals surface area contributed by atoms with Crippen LogP contribution in [-0.4, -0.2) is 11.4 Å². The molecule has 4 aliphatic rings.